The number of carboxylic acid groups (broad SMARTS) is 1. The third-order valence-corrected chi connectivity index (χ3v) is 9.29. The van der Waals surface area contributed by atoms with Crippen LogP contribution in [0.5, 0.6) is 11.5 Å². The second-order valence-electron chi connectivity index (χ2n) is 11.9. The van der Waals surface area contributed by atoms with Gasteiger partial charge in [0.2, 0.25) is 5.91 Å². The number of nitriles is 1. The number of rotatable bonds is 9. The van der Waals surface area contributed by atoms with E-state index in [2.05, 4.69) is 16.7 Å². The maximum atomic E-state index is 13.6. The molecule has 0 radical (unpaired) electrons. The second-order valence-corrected chi connectivity index (χ2v) is 11.9. The molecule has 0 aliphatic heterocycles. The number of carboxylic acids is 1. The Morgan fingerprint density at radius 2 is 1.79 bits per heavy atom. The molecule has 38 heavy (non-hydrogen) atoms. The number of fused-ring (bicyclic) bond motifs is 2. The van der Waals surface area contributed by atoms with Crippen molar-refractivity contribution in [3.8, 4) is 17.6 Å². The lowest BCUT2D eigenvalue weighted by atomic mass is 9.75. The summed E-state index contributed by atoms with van der Waals surface area (Å²) < 4.78 is 11.6. The van der Waals surface area contributed by atoms with Gasteiger partial charge in [-0.3, -0.25) is 14.4 Å². The van der Waals surface area contributed by atoms with Crippen LogP contribution in [0, 0.1) is 40.4 Å². The molecule has 2 bridgehead atoms. The lowest BCUT2D eigenvalue weighted by Crippen LogP contribution is -2.50. The third-order valence-electron chi connectivity index (χ3n) is 9.29. The van der Waals surface area contributed by atoms with Gasteiger partial charge in [-0.15, -0.1) is 0 Å². The first-order chi connectivity index (χ1) is 18.2. The van der Waals surface area contributed by atoms with Gasteiger partial charge < -0.3 is 25.2 Å². The highest BCUT2D eigenvalue weighted by atomic mass is 16.5. The molecule has 4 aliphatic carbocycles. The maximum absolute atomic E-state index is 13.6. The van der Waals surface area contributed by atoms with Crippen molar-refractivity contribution in [2.45, 2.75) is 76.9 Å². The van der Waals surface area contributed by atoms with Crippen molar-refractivity contribution >= 4 is 17.8 Å². The number of carbonyl (C=O) groups is 3. The van der Waals surface area contributed by atoms with Crippen molar-refractivity contribution in [3.63, 3.8) is 0 Å². The van der Waals surface area contributed by atoms with E-state index in [-0.39, 0.29) is 64.3 Å². The average Bonchev–Trinajstić information content (AvgIpc) is 3.53. The Bertz CT molecular complexity index is 1150. The number of aliphatic carboxylic acids is 1. The summed E-state index contributed by atoms with van der Waals surface area (Å²) in [6.07, 6.45) is 7.09. The zero-order chi connectivity index (χ0) is 27.0. The van der Waals surface area contributed by atoms with Gasteiger partial charge in [0.25, 0.3) is 5.91 Å². The summed E-state index contributed by atoms with van der Waals surface area (Å²) in [7, 11) is 1.45. The summed E-state index contributed by atoms with van der Waals surface area (Å²) in [6.45, 7) is 2.46. The molecule has 4 fully saturated rings. The van der Waals surface area contributed by atoms with Crippen molar-refractivity contribution in [3.05, 3.63) is 23.3 Å². The molecule has 5 rings (SSSR count). The molecule has 1 aromatic carbocycles. The normalized spacial score (nSPS) is 31.8. The molecule has 4 saturated carbocycles. The smallest absolute Gasteiger partial charge is 0.309 e. The SMILES string of the molecule is COc1cc(C#N)c(OC2CCC(C)(C(=O)O)CC2)cc1C(=O)N[C@@H]1[C@H]2CC[C@H](C2)[C@@H]1C(=O)NCC1CC1. The molecule has 2 amide bonds. The second kappa shape index (κ2) is 10.5. The number of carbonyl (C=O) groups excluding carboxylic acids is 2. The van der Waals surface area contributed by atoms with Crippen molar-refractivity contribution in [2.75, 3.05) is 13.7 Å². The molecular weight excluding hydrogens is 486 g/mol. The lowest BCUT2D eigenvalue weighted by Gasteiger charge is -2.34. The van der Waals surface area contributed by atoms with Crippen LogP contribution in [-0.2, 0) is 9.59 Å². The standard InChI is InChI=1S/C29H37N3O6/c1-29(28(35)36)9-7-20(8-10-29)38-22-13-21(23(37-2)12-19(22)14-30)26(33)32-25-18-6-5-17(11-18)24(25)27(34)31-15-16-3-4-16/h12-13,16-18,20,24-25H,3-11,15H2,1-2H3,(H,31,34)(H,32,33)(H,35,36)/t17-,18+,20?,24+,25-,29?/m1/s1. The van der Waals surface area contributed by atoms with Crippen LogP contribution < -0.4 is 20.1 Å². The number of amides is 2. The average molecular weight is 524 g/mol. The Morgan fingerprint density at radius 1 is 1.08 bits per heavy atom. The molecule has 9 nitrogen and oxygen atoms in total. The predicted molar refractivity (Wildman–Crippen MR) is 138 cm³/mol. The molecule has 9 heteroatoms. The fraction of sp³-hybridized carbons (Fsp3) is 0.655. The minimum absolute atomic E-state index is 0.0378. The van der Waals surface area contributed by atoms with E-state index < -0.39 is 11.4 Å². The van der Waals surface area contributed by atoms with E-state index in [1.165, 1.54) is 26.0 Å². The van der Waals surface area contributed by atoms with Gasteiger partial charge >= 0.3 is 5.97 Å². The first-order valence-corrected chi connectivity index (χ1v) is 13.8. The highest BCUT2D eigenvalue weighted by molar-refractivity contribution is 5.98. The number of nitrogens with zero attached hydrogens (tertiary/aromatic N) is 1. The summed E-state index contributed by atoms with van der Waals surface area (Å²) >= 11 is 0. The molecule has 0 spiro atoms. The molecule has 3 N–H and O–H groups in total. The van der Waals surface area contributed by atoms with Crippen LogP contribution in [0.25, 0.3) is 0 Å². The fourth-order valence-corrected chi connectivity index (χ4v) is 6.62. The minimum atomic E-state index is -0.808. The summed E-state index contributed by atoms with van der Waals surface area (Å²) in [5.74, 6) is 0.348. The van der Waals surface area contributed by atoms with E-state index in [1.54, 1.807) is 13.0 Å². The number of hydrogen-bond acceptors (Lipinski definition) is 6. The highest BCUT2D eigenvalue weighted by Crippen LogP contribution is 2.49. The molecule has 4 aliphatic rings. The van der Waals surface area contributed by atoms with Gasteiger partial charge in [0.15, 0.2) is 0 Å². The molecular formula is C29H37N3O6. The topological polar surface area (TPSA) is 138 Å². The monoisotopic (exact) mass is 523 g/mol. The van der Waals surface area contributed by atoms with Crippen LogP contribution in [0.4, 0.5) is 0 Å². The van der Waals surface area contributed by atoms with Crippen molar-refractivity contribution in [2.24, 2.45) is 29.1 Å². The number of methoxy groups -OCH3 is 1. The molecule has 0 heterocycles. The van der Waals surface area contributed by atoms with Crippen LogP contribution >= 0.6 is 0 Å². The van der Waals surface area contributed by atoms with Crippen LogP contribution in [0.3, 0.4) is 0 Å². The number of hydrogen-bond donors (Lipinski definition) is 3. The Morgan fingerprint density at radius 3 is 2.42 bits per heavy atom. The van der Waals surface area contributed by atoms with E-state index in [0.717, 1.165) is 19.3 Å². The summed E-state index contributed by atoms with van der Waals surface area (Å²) in [5, 5.41) is 25.5. The van der Waals surface area contributed by atoms with E-state index >= 15 is 0 Å². The van der Waals surface area contributed by atoms with Crippen molar-refractivity contribution in [1.29, 1.82) is 5.26 Å². The number of nitrogens with one attached hydrogen (secondary N) is 2. The molecule has 0 unspecified atom stereocenters. The minimum Gasteiger partial charge on any atom is -0.496 e. The summed E-state index contributed by atoms with van der Waals surface area (Å²) in [6, 6.07) is 4.94. The molecule has 1 aromatic rings. The van der Waals surface area contributed by atoms with Gasteiger partial charge in [-0.2, -0.15) is 5.26 Å². The zero-order valence-electron chi connectivity index (χ0n) is 22.1. The molecule has 204 valence electrons. The van der Waals surface area contributed by atoms with Crippen molar-refractivity contribution in [1.82, 2.24) is 10.6 Å². The van der Waals surface area contributed by atoms with Crippen LogP contribution in [0.15, 0.2) is 12.1 Å². The Hall–Kier alpha value is -3.28. The predicted octanol–water partition coefficient (Wildman–Crippen LogP) is 3.65. The summed E-state index contributed by atoms with van der Waals surface area (Å²) in [5.41, 5.74) is -0.264. The van der Waals surface area contributed by atoms with Gasteiger partial charge in [-0.05, 0) is 88.5 Å². The first-order valence-electron chi connectivity index (χ1n) is 13.8. The van der Waals surface area contributed by atoms with E-state index in [9.17, 15) is 24.8 Å². The van der Waals surface area contributed by atoms with Gasteiger partial charge in [-0.25, -0.2) is 0 Å². The molecule has 4 atom stereocenters. The van der Waals surface area contributed by atoms with Crippen LogP contribution in [0.2, 0.25) is 0 Å². The third kappa shape index (κ3) is 5.18. The number of benzene rings is 1. The van der Waals surface area contributed by atoms with E-state index in [4.69, 9.17) is 9.47 Å². The van der Waals surface area contributed by atoms with Gasteiger partial charge in [0.1, 0.15) is 17.6 Å². The van der Waals surface area contributed by atoms with Crippen LogP contribution in [0.1, 0.15) is 80.6 Å². The van der Waals surface area contributed by atoms with Gasteiger partial charge in [0, 0.05) is 18.7 Å². The van der Waals surface area contributed by atoms with E-state index in [1.807, 2.05) is 0 Å². The zero-order valence-corrected chi connectivity index (χ0v) is 22.1. The Balaban J connectivity index is 1.32. The van der Waals surface area contributed by atoms with Crippen molar-refractivity contribution < 1.29 is 29.0 Å². The largest absolute Gasteiger partial charge is 0.496 e. The Kier molecular flexibility index (Phi) is 7.26. The van der Waals surface area contributed by atoms with Gasteiger partial charge in [-0.1, -0.05) is 0 Å². The highest BCUT2D eigenvalue weighted by Gasteiger charge is 2.51. The lowest BCUT2D eigenvalue weighted by molar-refractivity contribution is -0.150. The summed E-state index contributed by atoms with van der Waals surface area (Å²) in [4.78, 5) is 38.3. The van der Waals surface area contributed by atoms with Gasteiger partial charge in [0.05, 0.1) is 35.7 Å². The Labute approximate surface area is 223 Å². The number of ether oxygens (including phenoxy) is 2. The van der Waals surface area contributed by atoms with Crippen LogP contribution in [-0.4, -0.2) is 48.7 Å². The first kappa shape index (κ1) is 26.3. The quantitative estimate of drug-likeness (QED) is 0.449. The fourth-order valence-electron chi connectivity index (χ4n) is 6.62. The molecule has 0 saturated heterocycles. The maximum Gasteiger partial charge on any atom is 0.309 e. The molecule has 0 aromatic heterocycles. The van der Waals surface area contributed by atoms with E-state index in [0.29, 0.717) is 38.1 Å².